The highest BCUT2D eigenvalue weighted by Crippen LogP contribution is 2.16. The van der Waals surface area contributed by atoms with Crippen molar-refractivity contribution in [1.29, 1.82) is 0 Å². The van der Waals surface area contributed by atoms with E-state index in [0.29, 0.717) is 12.0 Å². The molecular formula is C19H22N2O5S. The lowest BCUT2D eigenvalue weighted by Crippen LogP contribution is -2.27. The van der Waals surface area contributed by atoms with E-state index >= 15 is 0 Å². The molecule has 0 fully saturated rings. The molecule has 2 aromatic rings. The van der Waals surface area contributed by atoms with E-state index in [2.05, 4.69) is 10.0 Å². The van der Waals surface area contributed by atoms with Gasteiger partial charge in [-0.2, -0.15) is 0 Å². The molecule has 0 saturated carbocycles. The fraction of sp³-hybridized carbons (Fsp3) is 0.263. The lowest BCUT2D eigenvalue weighted by Gasteiger charge is -2.11. The molecule has 0 aromatic heterocycles. The molecule has 0 bridgehead atoms. The number of carbonyl (C=O) groups is 2. The van der Waals surface area contributed by atoms with Gasteiger partial charge in [0.25, 0.3) is 5.91 Å². The van der Waals surface area contributed by atoms with E-state index in [9.17, 15) is 18.0 Å². The number of aryl methyl sites for hydroxylation is 1. The number of sulfonamides is 1. The lowest BCUT2D eigenvalue weighted by molar-refractivity contribution is -0.137. The van der Waals surface area contributed by atoms with E-state index in [1.54, 1.807) is 13.0 Å². The van der Waals surface area contributed by atoms with Crippen molar-refractivity contribution in [3.8, 4) is 0 Å². The summed E-state index contributed by atoms with van der Waals surface area (Å²) in [5, 5.41) is 11.2. The van der Waals surface area contributed by atoms with Crippen LogP contribution in [-0.4, -0.2) is 31.9 Å². The monoisotopic (exact) mass is 390 g/mol. The summed E-state index contributed by atoms with van der Waals surface area (Å²) in [6.45, 7) is 2.06. The van der Waals surface area contributed by atoms with Crippen molar-refractivity contribution in [2.24, 2.45) is 0 Å². The maximum Gasteiger partial charge on any atom is 0.303 e. The van der Waals surface area contributed by atoms with Crippen molar-refractivity contribution in [3.63, 3.8) is 0 Å². The number of carboxylic acids is 1. The summed E-state index contributed by atoms with van der Waals surface area (Å²) in [4.78, 5) is 22.8. The van der Waals surface area contributed by atoms with Gasteiger partial charge < -0.3 is 10.4 Å². The van der Waals surface area contributed by atoms with Gasteiger partial charge in [-0.1, -0.05) is 36.4 Å². The molecule has 7 nitrogen and oxygen atoms in total. The minimum atomic E-state index is -3.78. The molecule has 1 amide bonds. The summed E-state index contributed by atoms with van der Waals surface area (Å²) in [5.74, 6) is -1.36. The van der Waals surface area contributed by atoms with Gasteiger partial charge in [0.05, 0.1) is 4.90 Å². The zero-order valence-electron chi connectivity index (χ0n) is 14.9. The van der Waals surface area contributed by atoms with E-state index in [4.69, 9.17) is 5.11 Å². The Hall–Kier alpha value is -2.71. The van der Waals surface area contributed by atoms with Crippen LogP contribution in [0.3, 0.4) is 0 Å². The average Bonchev–Trinajstić information content (AvgIpc) is 2.64. The summed E-state index contributed by atoms with van der Waals surface area (Å²) in [7, 11) is -3.78. The standard InChI is InChI=1S/C19H22N2O5S/c1-14-9-10-16(12-17(14)19(24)20-11-5-8-18(22)23)27(25,26)21-13-15-6-3-2-4-7-15/h2-4,6-7,9-10,12,21H,5,8,11,13H2,1H3,(H,20,24)(H,22,23). The Morgan fingerprint density at radius 1 is 1.07 bits per heavy atom. The van der Waals surface area contributed by atoms with Crippen LogP contribution in [0.2, 0.25) is 0 Å². The second-order valence-electron chi connectivity index (χ2n) is 6.04. The van der Waals surface area contributed by atoms with Gasteiger partial charge >= 0.3 is 5.97 Å². The minimum absolute atomic E-state index is 0.000262. The van der Waals surface area contributed by atoms with Crippen molar-refractivity contribution in [2.45, 2.75) is 31.2 Å². The number of carbonyl (C=O) groups excluding carboxylic acids is 1. The van der Waals surface area contributed by atoms with Crippen LogP contribution in [-0.2, 0) is 21.4 Å². The second kappa shape index (κ2) is 9.29. The number of hydrogen-bond donors (Lipinski definition) is 3. The first-order chi connectivity index (χ1) is 12.8. The van der Waals surface area contributed by atoms with Crippen LogP contribution >= 0.6 is 0 Å². The molecule has 8 heteroatoms. The molecule has 0 aliphatic carbocycles. The van der Waals surface area contributed by atoms with Gasteiger partial charge in [-0.3, -0.25) is 9.59 Å². The fourth-order valence-electron chi connectivity index (χ4n) is 2.41. The zero-order valence-corrected chi connectivity index (χ0v) is 15.8. The molecule has 27 heavy (non-hydrogen) atoms. The predicted molar refractivity (Wildman–Crippen MR) is 101 cm³/mol. The third-order valence-electron chi connectivity index (χ3n) is 3.93. The topological polar surface area (TPSA) is 113 Å². The molecule has 0 spiro atoms. The van der Waals surface area contributed by atoms with E-state index in [1.807, 2.05) is 30.3 Å². The molecule has 0 unspecified atom stereocenters. The van der Waals surface area contributed by atoms with Gasteiger partial charge in [-0.05, 0) is 36.6 Å². The van der Waals surface area contributed by atoms with Crippen LogP contribution in [0.15, 0.2) is 53.4 Å². The smallest absolute Gasteiger partial charge is 0.303 e. The van der Waals surface area contributed by atoms with Crippen LogP contribution in [0.4, 0.5) is 0 Å². The normalized spacial score (nSPS) is 11.1. The molecule has 0 aliphatic rings. The molecule has 0 saturated heterocycles. The quantitative estimate of drug-likeness (QED) is 0.568. The van der Waals surface area contributed by atoms with Crippen molar-refractivity contribution >= 4 is 21.9 Å². The first kappa shape index (κ1) is 20.6. The second-order valence-corrected chi connectivity index (χ2v) is 7.81. The molecule has 0 atom stereocenters. The molecule has 0 heterocycles. The SMILES string of the molecule is Cc1ccc(S(=O)(=O)NCc2ccccc2)cc1C(=O)NCCCC(=O)O. The highest BCUT2D eigenvalue weighted by molar-refractivity contribution is 7.89. The van der Waals surface area contributed by atoms with Crippen LogP contribution in [0.1, 0.15) is 34.3 Å². The number of benzene rings is 2. The van der Waals surface area contributed by atoms with Gasteiger partial charge in [0.2, 0.25) is 10.0 Å². The fourth-order valence-corrected chi connectivity index (χ4v) is 3.45. The van der Waals surface area contributed by atoms with Crippen LogP contribution in [0.5, 0.6) is 0 Å². The number of rotatable bonds is 9. The number of carboxylic acid groups (broad SMARTS) is 1. The molecular weight excluding hydrogens is 368 g/mol. The van der Waals surface area contributed by atoms with E-state index in [0.717, 1.165) is 5.56 Å². The third kappa shape index (κ3) is 6.19. The largest absolute Gasteiger partial charge is 0.481 e. The Labute approximate surface area is 158 Å². The van der Waals surface area contributed by atoms with Crippen molar-refractivity contribution in [2.75, 3.05) is 6.54 Å². The highest BCUT2D eigenvalue weighted by atomic mass is 32.2. The Morgan fingerprint density at radius 3 is 2.44 bits per heavy atom. The number of nitrogens with one attached hydrogen (secondary N) is 2. The van der Waals surface area contributed by atoms with E-state index < -0.39 is 21.9 Å². The van der Waals surface area contributed by atoms with Gasteiger partial charge in [-0.25, -0.2) is 13.1 Å². The van der Waals surface area contributed by atoms with Crippen LogP contribution in [0.25, 0.3) is 0 Å². The first-order valence-electron chi connectivity index (χ1n) is 8.44. The Bertz CT molecular complexity index is 911. The Morgan fingerprint density at radius 2 is 1.78 bits per heavy atom. The van der Waals surface area contributed by atoms with Gasteiger partial charge in [0.1, 0.15) is 0 Å². The number of hydrogen-bond acceptors (Lipinski definition) is 4. The minimum Gasteiger partial charge on any atom is -0.481 e. The average molecular weight is 390 g/mol. The van der Waals surface area contributed by atoms with E-state index in [1.165, 1.54) is 12.1 Å². The number of amides is 1. The highest BCUT2D eigenvalue weighted by Gasteiger charge is 2.18. The predicted octanol–water partition coefficient (Wildman–Crippen LogP) is 2.07. The van der Waals surface area contributed by atoms with E-state index in [-0.39, 0.29) is 30.0 Å². The molecule has 0 aliphatic heterocycles. The van der Waals surface area contributed by atoms with Crippen LogP contribution < -0.4 is 10.0 Å². The Balaban J connectivity index is 2.08. The van der Waals surface area contributed by atoms with Crippen molar-refractivity contribution in [3.05, 3.63) is 65.2 Å². The summed E-state index contributed by atoms with van der Waals surface area (Å²) in [6, 6.07) is 13.5. The zero-order chi connectivity index (χ0) is 19.9. The maximum absolute atomic E-state index is 12.5. The Kier molecular flexibility index (Phi) is 7.09. The van der Waals surface area contributed by atoms with Gasteiger partial charge in [-0.15, -0.1) is 0 Å². The third-order valence-corrected chi connectivity index (χ3v) is 5.32. The first-order valence-corrected chi connectivity index (χ1v) is 9.92. The van der Waals surface area contributed by atoms with Gasteiger partial charge in [0, 0.05) is 25.1 Å². The van der Waals surface area contributed by atoms with Crippen LogP contribution in [0, 0.1) is 6.92 Å². The van der Waals surface area contributed by atoms with Gasteiger partial charge in [0.15, 0.2) is 0 Å². The van der Waals surface area contributed by atoms with Crippen molar-refractivity contribution in [1.82, 2.24) is 10.0 Å². The number of aliphatic carboxylic acids is 1. The molecule has 2 rings (SSSR count). The molecule has 2 aromatic carbocycles. The molecule has 0 radical (unpaired) electrons. The summed E-state index contributed by atoms with van der Waals surface area (Å²) in [6.07, 6.45) is 0.258. The lowest BCUT2D eigenvalue weighted by atomic mass is 10.1. The summed E-state index contributed by atoms with van der Waals surface area (Å²) >= 11 is 0. The summed E-state index contributed by atoms with van der Waals surface area (Å²) in [5.41, 5.74) is 1.70. The molecule has 144 valence electrons. The summed E-state index contributed by atoms with van der Waals surface area (Å²) < 4.78 is 27.6. The van der Waals surface area contributed by atoms with Crippen molar-refractivity contribution < 1.29 is 23.1 Å². The maximum atomic E-state index is 12.5. The molecule has 3 N–H and O–H groups in total.